The highest BCUT2D eigenvalue weighted by Gasteiger charge is 2.20. The van der Waals surface area contributed by atoms with E-state index >= 15 is 0 Å². The number of hydrogen-bond acceptors (Lipinski definition) is 5. The number of nitrogens with zero attached hydrogens (tertiary/aromatic N) is 4. The van der Waals surface area contributed by atoms with Crippen LogP contribution in [0.15, 0.2) is 53.3 Å². The van der Waals surface area contributed by atoms with Gasteiger partial charge in [0.1, 0.15) is 12.1 Å². The molecule has 4 rings (SSSR count). The maximum atomic E-state index is 12.8. The third-order valence-electron chi connectivity index (χ3n) is 4.76. The van der Waals surface area contributed by atoms with Gasteiger partial charge in [-0.1, -0.05) is 22.0 Å². The van der Waals surface area contributed by atoms with Crippen molar-refractivity contribution in [2.75, 3.05) is 38.5 Å². The van der Waals surface area contributed by atoms with Gasteiger partial charge in [-0.15, -0.1) is 0 Å². The Hall–Kier alpha value is -2.51. The third-order valence-corrected chi connectivity index (χ3v) is 5.25. The van der Waals surface area contributed by atoms with Gasteiger partial charge in [0.2, 0.25) is 0 Å². The van der Waals surface area contributed by atoms with Crippen LogP contribution in [0.4, 0.5) is 11.5 Å². The summed E-state index contributed by atoms with van der Waals surface area (Å²) < 4.78 is 0.965. The molecule has 138 valence electrons. The smallest absolute Gasteiger partial charge is 0.254 e. The minimum Gasteiger partial charge on any atom is -0.340 e. The first-order valence-corrected chi connectivity index (χ1v) is 9.64. The SMILES string of the molecule is CN1CCN(C(=O)c2cccc(Nc3ncnc4ccc(Br)cc34)c2)CC1. The summed E-state index contributed by atoms with van der Waals surface area (Å²) in [6.07, 6.45) is 1.54. The maximum Gasteiger partial charge on any atom is 0.254 e. The van der Waals surface area contributed by atoms with Crippen LogP contribution in [0.2, 0.25) is 0 Å². The molecule has 1 aliphatic heterocycles. The molecule has 3 aromatic rings. The van der Waals surface area contributed by atoms with E-state index in [0.29, 0.717) is 11.4 Å². The van der Waals surface area contributed by atoms with Gasteiger partial charge in [-0.2, -0.15) is 0 Å². The summed E-state index contributed by atoms with van der Waals surface area (Å²) in [5.41, 5.74) is 2.37. The van der Waals surface area contributed by atoms with Crippen molar-refractivity contribution in [3.05, 3.63) is 58.8 Å². The van der Waals surface area contributed by atoms with Crippen LogP contribution >= 0.6 is 15.9 Å². The standard InChI is InChI=1S/C20H20BrN5O/c1-25-7-9-26(10-8-25)20(27)14-3-2-4-16(11-14)24-19-17-12-15(21)5-6-18(17)22-13-23-19/h2-6,11-13H,7-10H2,1H3,(H,22,23,24). The van der Waals surface area contributed by atoms with E-state index in [1.54, 1.807) is 0 Å². The van der Waals surface area contributed by atoms with Crippen molar-refractivity contribution in [1.82, 2.24) is 19.8 Å². The van der Waals surface area contributed by atoms with Crippen molar-refractivity contribution in [1.29, 1.82) is 0 Å². The second kappa shape index (κ2) is 7.62. The molecule has 1 amide bonds. The number of carbonyl (C=O) groups is 1. The monoisotopic (exact) mass is 425 g/mol. The van der Waals surface area contributed by atoms with Crippen LogP contribution in [-0.4, -0.2) is 58.9 Å². The molecule has 1 aromatic heterocycles. The van der Waals surface area contributed by atoms with Crippen molar-refractivity contribution >= 4 is 44.2 Å². The molecule has 1 saturated heterocycles. The Balaban J connectivity index is 1.58. The van der Waals surface area contributed by atoms with Gasteiger partial charge in [-0.25, -0.2) is 9.97 Å². The first-order chi connectivity index (χ1) is 13.1. The first kappa shape index (κ1) is 17.9. The molecule has 0 spiro atoms. The van der Waals surface area contributed by atoms with Crippen LogP contribution in [-0.2, 0) is 0 Å². The van der Waals surface area contributed by atoms with Crippen LogP contribution in [0.25, 0.3) is 10.9 Å². The highest BCUT2D eigenvalue weighted by molar-refractivity contribution is 9.10. The largest absolute Gasteiger partial charge is 0.340 e. The zero-order chi connectivity index (χ0) is 18.8. The second-order valence-electron chi connectivity index (χ2n) is 6.69. The van der Waals surface area contributed by atoms with Gasteiger partial charge in [-0.05, 0) is 43.4 Å². The maximum absolute atomic E-state index is 12.8. The molecule has 0 bridgehead atoms. The number of anilines is 2. The van der Waals surface area contributed by atoms with Crippen molar-refractivity contribution < 1.29 is 4.79 Å². The Morgan fingerprint density at radius 1 is 1.07 bits per heavy atom. The number of amides is 1. The Morgan fingerprint density at radius 3 is 2.70 bits per heavy atom. The predicted octanol–water partition coefficient (Wildman–Crippen LogP) is 3.52. The van der Waals surface area contributed by atoms with E-state index in [4.69, 9.17) is 0 Å². The fraction of sp³-hybridized carbons (Fsp3) is 0.250. The lowest BCUT2D eigenvalue weighted by atomic mass is 10.1. The quantitative estimate of drug-likeness (QED) is 0.695. The number of aromatic nitrogens is 2. The zero-order valence-electron chi connectivity index (χ0n) is 15.0. The fourth-order valence-corrected chi connectivity index (χ4v) is 3.55. The average molecular weight is 426 g/mol. The minimum atomic E-state index is 0.0713. The van der Waals surface area contributed by atoms with E-state index in [2.05, 4.69) is 43.2 Å². The molecule has 0 radical (unpaired) electrons. The molecule has 27 heavy (non-hydrogen) atoms. The highest BCUT2D eigenvalue weighted by Crippen LogP contribution is 2.26. The normalized spacial score (nSPS) is 15.1. The lowest BCUT2D eigenvalue weighted by Gasteiger charge is -2.32. The molecule has 0 unspecified atom stereocenters. The molecular weight excluding hydrogens is 406 g/mol. The van der Waals surface area contributed by atoms with Crippen molar-refractivity contribution in [2.24, 2.45) is 0 Å². The summed E-state index contributed by atoms with van der Waals surface area (Å²) >= 11 is 3.49. The number of hydrogen-bond donors (Lipinski definition) is 1. The van der Waals surface area contributed by atoms with Gasteiger partial charge in [0.15, 0.2) is 0 Å². The Kier molecular flexibility index (Phi) is 5.05. The van der Waals surface area contributed by atoms with E-state index in [-0.39, 0.29) is 5.91 Å². The number of fused-ring (bicyclic) bond motifs is 1. The summed E-state index contributed by atoms with van der Waals surface area (Å²) in [6.45, 7) is 3.34. The van der Waals surface area contributed by atoms with E-state index in [0.717, 1.165) is 47.2 Å². The van der Waals surface area contributed by atoms with Crippen LogP contribution in [0.1, 0.15) is 10.4 Å². The van der Waals surface area contributed by atoms with Crippen LogP contribution in [0, 0.1) is 0 Å². The number of carbonyl (C=O) groups excluding carboxylic acids is 1. The van der Waals surface area contributed by atoms with Crippen molar-refractivity contribution in [3.63, 3.8) is 0 Å². The number of piperazine rings is 1. The number of benzene rings is 2. The summed E-state index contributed by atoms with van der Waals surface area (Å²) in [6, 6.07) is 13.5. The molecular formula is C20H20BrN5O. The molecule has 1 aliphatic rings. The van der Waals surface area contributed by atoms with Crippen LogP contribution < -0.4 is 5.32 Å². The summed E-state index contributed by atoms with van der Waals surface area (Å²) in [5.74, 6) is 0.785. The van der Waals surface area contributed by atoms with E-state index in [9.17, 15) is 4.79 Å². The second-order valence-corrected chi connectivity index (χ2v) is 7.60. The predicted molar refractivity (Wildman–Crippen MR) is 110 cm³/mol. The van der Waals surface area contributed by atoms with Gasteiger partial charge in [0.05, 0.1) is 5.52 Å². The molecule has 0 atom stereocenters. The summed E-state index contributed by atoms with van der Waals surface area (Å²) in [7, 11) is 2.08. The lowest BCUT2D eigenvalue weighted by molar-refractivity contribution is 0.0664. The van der Waals surface area contributed by atoms with Crippen LogP contribution in [0.3, 0.4) is 0 Å². The molecule has 6 nitrogen and oxygen atoms in total. The van der Waals surface area contributed by atoms with E-state index in [1.165, 1.54) is 6.33 Å². The lowest BCUT2D eigenvalue weighted by Crippen LogP contribution is -2.47. The summed E-state index contributed by atoms with van der Waals surface area (Å²) in [4.78, 5) is 25.6. The van der Waals surface area contributed by atoms with E-state index < -0.39 is 0 Å². The van der Waals surface area contributed by atoms with Gasteiger partial charge in [-0.3, -0.25) is 4.79 Å². The molecule has 1 N–H and O–H groups in total. The van der Waals surface area contributed by atoms with Gasteiger partial charge >= 0.3 is 0 Å². The summed E-state index contributed by atoms with van der Waals surface area (Å²) in [5, 5.41) is 4.25. The number of halogens is 1. The Morgan fingerprint density at radius 2 is 1.89 bits per heavy atom. The van der Waals surface area contributed by atoms with Crippen molar-refractivity contribution in [2.45, 2.75) is 0 Å². The molecule has 0 saturated carbocycles. The molecule has 1 fully saturated rings. The first-order valence-electron chi connectivity index (χ1n) is 8.85. The third kappa shape index (κ3) is 3.94. The Labute approximate surface area is 166 Å². The van der Waals surface area contributed by atoms with Crippen LogP contribution in [0.5, 0.6) is 0 Å². The molecule has 2 heterocycles. The molecule has 2 aromatic carbocycles. The topological polar surface area (TPSA) is 61.4 Å². The van der Waals surface area contributed by atoms with Gasteiger partial charge < -0.3 is 15.1 Å². The molecule has 7 heteroatoms. The van der Waals surface area contributed by atoms with Gasteiger partial charge in [0, 0.05) is 47.3 Å². The molecule has 0 aliphatic carbocycles. The Bertz CT molecular complexity index is 985. The number of nitrogens with one attached hydrogen (secondary N) is 1. The zero-order valence-corrected chi connectivity index (χ0v) is 16.6. The minimum absolute atomic E-state index is 0.0713. The average Bonchev–Trinajstić information content (AvgIpc) is 2.69. The van der Waals surface area contributed by atoms with Crippen molar-refractivity contribution in [3.8, 4) is 0 Å². The fourth-order valence-electron chi connectivity index (χ4n) is 3.19. The highest BCUT2D eigenvalue weighted by atomic mass is 79.9. The number of rotatable bonds is 3. The number of likely N-dealkylation sites (N-methyl/N-ethyl adjacent to an activating group) is 1. The van der Waals surface area contributed by atoms with Gasteiger partial charge in [0.25, 0.3) is 5.91 Å². The van der Waals surface area contributed by atoms with E-state index in [1.807, 2.05) is 47.4 Å².